The molecule has 146 valence electrons. The van der Waals surface area contributed by atoms with Gasteiger partial charge in [-0.2, -0.15) is 0 Å². The molecule has 1 aliphatic heterocycles. The van der Waals surface area contributed by atoms with Gasteiger partial charge in [0.15, 0.2) is 0 Å². The predicted octanol–water partition coefficient (Wildman–Crippen LogP) is 0.0880. The van der Waals surface area contributed by atoms with Crippen molar-refractivity contribution in [3.63, 3.8) is 0 Å². The minimum atomic E-state index is -4.89. The second-order valence-corrected chi connectivity index (χ2v) is 10.4. The molecule has 3 atom stereocenters. The van der Waals surface area contributed by atoms with Gasteiger partial charge in [0.25, 0.3) is 0 Å². The van der Waals surface area contributed by atoms with E-state index in [-0.39, 0.29) is 25.9 Å². The Morgan fingerprint density at radius 2 is 1.76 bits per heavy atom. The fourth-order valence-electron chi connectivity index (χ4n) is 2.96. The van der Waals surface area contributed by atoms with Crippen molar-refractivity contribution in [2.24, 2.45) is 5.92 Å². The molecule has 1 saturated heterocycles. The van der Waals surface area contributed by atoms with Crippen LogP contribution in [0.25, 0.3) is 0 Å². The van der Waals surface area contributed by atoms with Crippen molar-refractivity contribution in [2.45, 2.75) is 43.5 Å². The Hall–Kier alpha value is -0.800. The molecule has 1 heterocycles. The summed E-state index contributed by atoms with van der Waals surface area (Å²) in [5, 5.41) is 16.0. The Bertz CT molecular complexity index is 613. The smallest absolute Gasteiger partial charge is 0.345 e. The van der Waals surface area contributed by atoms with Crippen molar-refractivity contribution in [1.29, 1.82) is 0 Å². The van der Waals surface area contributed by atoms with Gasteiger partial charge in [0.05, 0.1) is 11.6 Å². The second-order valence-electron chi connectivity index (χ2n) is 6.41. The zero-order chi connectivity index (χ0) is 19.6. The van der Waals surface area contributed by atoms with Crippen LogP contribution in [-0.4, -0.2) is 70.7 Å². The van der Waals surface area contributed by atoms with E-state index >= 15 is 0 Å². The summed E-state index contributed by atoms with van der Waals surface area (Å²) in [4.78, 5) is 61.2. The van der Waals surface area contributed by atoms with Crippen LogP contribution in [0.2, 0.25) is 0 Å². The maximum absolute atomic E-state index is 12.0. The number of hydrogen-bond acceptors (Lipinski definition) is 5. The van der Waals surface area contributed by atoms with Crippen molar-refractivity contribution in [1.82, 2.24) is 4.90 Å². The monoisotopic (exact) mass is 403 g/mol. The summed E-state index contributed by atoms with van der Waals surface area (Å²) in [6.07, 6.45) is -1.30. The molecular weight excluding hydrogens is 380 g/mol. The molecule has 25 heavy (non-hydrogen) atoms. The van der Waals surface area contributed by atoms with Crippen LogP contribution in [0.15, 0.2) is 0 Å². The van der Waals surface area contributed by atoms with E-state index in [1.807, 2.05) is 0 Å². The number of aliphatic carboxylic acids is 2. The van der Waals surface area contributed by atoms with Crippen LogP contribution >= 0.6 is 15.2 Å². The molecule has 1 aliphatic rings. The molecule has 6 N–H and O–H groups in total. The van der Waals surface area contributed by atoms with Crippen LogP contribution in [0.3, 0.4) is 0 Å². The number of likely N-dealkylation sites (tertiary alicyclic amines) is 1. The van der Waals surface area contributed by atoms with Gasteiger partial charge in [-0.3, -0.25) is 23.6 Å². The van der Waals surface area contributed by atoms with E-state index in [1.165, 1.54) is 4.90 Å². The summed E-state index contributed by atoms with van der Waals surface area (Å²) in [6, 6.07) is 0. The van der Waals surface area contributed by atoms with Gasteiger partial charge in [-0.15, -0.1) is 0 Å². The molecule has 11 nitrogen and oxygen atoms in total. The molecule has 13 heteroatoms. The van der Waals surface area contributed by atoms with Crippen LogP contribution in [0.1, 0.15) is 32.6 Å². The molecule has 0 aromatic heterocycles. The summed E-state index contributed by atoms with van der Waals surface area (Å²) >= 11 is 0. The fraction of sp³-hybridized carbons (Fsp3) is 0.833. The largest absolute Gasteiger partial charge is 0.481 e. The van der Waals surface area contributed by atoms with E-state index < -0.39 is 56.8 Å². The molecule has 1 fully saturated rings. The zero-order valence-corrected chi connectivity index (χ0v) is 15.3. The Balaban J connectivity index is 3.07. The highest BCUT2D eigenvalue weighted by Gasteiger charge is 2.53. The van der Waals surface area contributed by atoms with Crippen molar-refractivity contribution in [3.05, 3.63) is 0 Å². The van der Waals surface area contributed by atoms with Gasteiger partial charge in [0, 0.05) is 19.5 Å². The maximum Gasteiger partial charge on any atom is 0.345 e. The predicted molar refractivity (Wildman–Crippen MR) is 85.1 cm³/mol. The molecule has 0 aromatic rings. The third-order valence-corrected chi connectivity index (χ3v) is 7.73. The molecule has 0 spiro atoms. The number of carboxylic acid groups (broad SMARTS) is 2. The van der Waals surface area contributed by atoms with Gasteiger partial charge in [0.2, 0.25) is 0 Å². The molecular formula is C12H23NO10P2. The summed E-state index contributed by atoms with van der Waals surface area (Å²) in [5.41, 5.74) is -1.08. The summed E-state index contributed by atoms with van der Waals surface area (Å²) < 4.78 is 23.4. The first-order valence-electron chi connectivity index (χ1n) is 7.49. The average Bonchev–Trinajstić information content (AvgIpc) is 2.91. The standard InChI is InChI=1S/C12H23NO10P2/c1-12(25(21,22)23,6-8(11(16)17)2-3-10(14)15)13-5-4-9(7-13)24(18,19)20/h8-9H,2-7H2,1H3,(H,14,15)(H,16,17)(H2,18,19,20)(H2,21,22,23). The normalized spacial score (nSPS) is 23.2. The van der Waals surface area contributed by atoms with Crippen LogP contribution in [0.4, 0.5) is 0 Å². The first-order chi connectivity index (χ1) is 11.2. The average molecular weight is 403 g/mol. The van der Waals surface area contributed by atoms with Crippen LogP contribution in [0, 0.1) is 5.92 Å². The Morgan fingerprint density at radius 1 is 1.20 bits per heavy atom. The van der Waals surface area contributed by atoms with Gasteiger partial charge < -0.3 is 29.8 Å². The fourth-order valence-corrected chi connectivity index (χ4v) is 4.83. The lowest BCUT2D eigenvalue weighted by atomic mass is 9.94. The SMILES string of the molecule is CC(CC(CCC(=O)O)C(=O)O)(N1CCC(P(=O)(O)O)C1)P(=O)(O)O. The highest BCUT2D eigenvalue weighted by atomic mass is 31.2. The maximum atomic E-state index is 12.0. The van der Waals surface area contributed by atoms with Gasteiger partial charge in [-0.1, -0.05) is 0 Å². The lowest BCUT2D eigenvalue weighted by molar-refractivity contribution is -0.143. The van der Waals surface area contributed by atoms with Crippen molar-refractivity contribution >= 4 is 27.1 Å². The van der Waals surface area contributed by atoms with E-state index in [4.69, 9.17) is 5.11 Å². The van der Waals surface area contributed by atoms with Gasteiger partial charge in [0.1, 0.15) is 5.28 Å². The van der Waals surface area contributed by atoms with Crippen LogP contribution in [0.5, 0.6) is 0 Å². The molecule has 0 amide bonds. The van der Waals surface area contributed by atoms with Gasteiger partial charge in [-0.05, 0) is 26.2 Å². The summed E-state index contributed by atoms with van der Waals surface area (Å²) in [5.74, 6) is -3.93. The minimum Gasteiger partial charge on any atom is -0.481 e. The van der Waals surface area contributed by atoms with E-state index in [9.17, 15) is 43.4 Å². The van der Waals surface area contributed by atoms with Crippen molar-refractivity contribution in [2.75, 3.05) is 13.1 Å². The van der Waals surface area contributed by atoms with E-state index in [0.29, 0.717) is 0 Å². The number of carboxylic acids is 2. The quantitative estimate of drug-likeness (QED) is 0.286. The van der Waals surface area contributed by atoms with Crippen LogP contribution in [-0.2, 0) is 18.7 Å². The Morgan fingerprint density at radius 3 is 2.12 bits per heavy atom. The number of nitrogens with zero attached hydrogens (tertiary/aromatic N) is 1. The van der Waals surface area contributed by atoms with Crippen molar-refractivity contribution < 1.29 is 48.5 Å². The van der Waals surface area contributed by atoms with E-state index in [0.717, 1.165) is 6.92 Å². The van der Waals surface area contributed by atoms with Crippen molar-refractivity contribution in [3.8, 4) is 0 Å². The number of hydrogen-bond donors (Lipinski definition) is 6. The number of carbonyl (C=O) groups is 2. The molecule has 0 aliphatic carbocycles. The van der Waals surface area contributed by atoms with Gasteiger partial charge in [-0.25, -0.2) is 0 Å². The Kier molecular flexibility index (Phi) is 6.97. The van der Waals surface area contributed by atoms with Crippen LogP contribution < -0.4 is 0 Å². The molecule has 0 aromatic carbocycles. The topological polar surface area (TPSA) is 193 Å². The minimum absolute atomic E-state index is 0.0113. The van der Waals surface area contributed by atoms with E-state index in [2.05, 4.69) is 0 Å². The lowest BCUT2D eigenvalue weighted by Crippen LogP contribution is -2.47. The number of rotatable bonds is 9. The molecule has 0 radical (unpaired) electrons. The molecule has 0 bridgehead atoms. The molecule has 0 saturated carbocycles. The molecule has 3 unspecified atom stereocenters. The molecule has 1 rings (SSSR count). The second kappa shape index (κ2) is 7.84. The first kappa shape index (κ1) is 22.2. The van der Waals surface area contributed by atoms with Gasteiger partial charge >= 0.3 is 27.1 Å². The van der Waals surface area contributed by atoms with E-state index in [1.54, 1.807) is 0 Å². The summed E-state index contributed by atoms with van der Waals surface area (Å²) in [6.45, 7) is 0.854. The third kappa shape index (κ3) is 5.59. The Labute approximate surface area is 144 Å². The first-order valence-corrected chi connectivity index (χ1v) is 10.8. The lowest BCUT2D eigenvalue weighted by Gasteiger charge is -2.40. The zero-order valence-electron chi connectivity index (χ0n) is 13.6. The highest BCUT2D eigenvalue weighted by molar-refractivity contribution is 7.53. The highest BCUT2D eigenvalue weighted by Crippen LogP contribution is 2.58. The summed E-state index contributed by atoms with van der Waals surface area (Å²) in [7, 11) is -9.33. The third-order valence-electron chi connectivity index (χ3n) is 4.64.